The fraction of sp³-hybridized carbons (Fsp3) is 0.538. The van der Waals surface area contributed by atoms with Crippen molar-refractivity contribution in [1.82, 2.24) is 0 Å². The predicted octanol–water partition coefficient (Wildman–Crippen LogP) is 4.27. The van der Waals surface area contributed by atoms with Gasteiger partial charge in [0.2, 0.25) is 0 Å². The van der Waals surface area contributed by atoms with Crippen LogP contribution in [0.1, 0.15) is 32.3 Å². The standard InChI is InChI=1S/C13H20ClN/c1-3-5-11(2)10-15-13-7-4-6-12(8-13)9-14/h4,6-8,11,15H,3,5,9-10H2,1-2H3. The van der Waals surface area contributed by atoms with Crippen LogP contribution in [0.5, 0.6) is 0 Å². The van der Waals surface area contributed by atoms with Gasteiger partial charge in [0.05, 0.1) is 0 Å². The van der Waals surface area contributed by atoms with E-state index in [1.54, 1.807) is 0 Å². The van der Waals surface area contributed by atoms with Gasteiger partial charge in [0.1, 0.15) is 0 Å². The number of hydrogen-bond acceptors (Lipinski definition) is 1. The summed E-state index contributed by atoms with van der Waals surface area (Å²) in [6.45, 7) is 5.55. The molecule has 1 aromatic rings. The Morgan fingerprint density at radius 1 is 1.40 bits per heavy atom. The Kier molecular flexibility index (Phi) is 5.56. The molecule has 0 aliphatic heterocycles. The Morgan fingerprint density at radius 3 is 2.87 bits per heavy atom. The van der Waals surface area contributed by atoms with Gasteiger partial charge in [-0.3, -0.25) is 0 Å². The highest BCUT2D eigenvalue weighted by Crippen LogP contribution is 2.14. The molecule has 1 rings (SSSR count). The van der Waals surface area contributed by atoms with E-state index in [0.717, 1.165) is 12.5 Å². The third-order valence-electron chi connectivity index (χ3n) is 2.52. The third-order valence-corrected chi connectivity index (χ3v) is 2.83. The van der Waals surface area contributed by atoms with Gasteiger partial charge in [-0.15, -0.1) is 11.6 Å². The van der Waals surface area contributed by atoms with E-state index >= 15 is 0 Å². The first-order valence-corrected chi connectivity index (χ1v) is 6.18. The molecule has 0 saturated carbocycles. The summed E-state index contributed by atoms with van der Waals surface area (Å²) in [4.78, 5) is 0. The molecule has 15 heavy (non-hydrogen) atoms. The summed E-state index contributed by atoms with van der Waals surface area (Å²) in [5.41, 5.74) is 2.35. The van der Waals surface area contributed by atoms with Crippen LogP contribution in [-0.2, 0) is 5.88 Å². The van der Waals surface area contributed by atoms with Crippen molar-refractivity contribution in [2.24, 2.45) is 5.92 Å². The van der Waals surface area contributed by atoms with Crippen molar-refractivity contribution in [3.63, 3.8) is 0 Å². The van der Waals surface area contributed by atoms with Crippen LogP contribution < -0.4 is 5.32 Å². The van der Waals surface area contributed by atoms with Gasteiger partial charge in [0.25, 0.3) is 0 Å². The van der Waals surface area contributed by atoms with Crippen LogP contribution in [-0.4, -0.2) is 6.54 Å². The van der Waals surface area contributed by atoms with Gasteiger partial charge in [0.15, 0.2) is 0 Å². The molecule has 1 N–H and O–H groups in total. The molecule has 84 valence electrons. The molecule has 1 atom stereocenters. The van der Waals surface area contributed by atoms with Crippen LogP contribution in [0.4, 0.5) is 5.69 Å². The number of anilines is 1. The van der Waals surface area contributed by atoms with E-state index in [9.17, 15) is 0 Å². The van der Waals surface area contributed by atoms with Gasteiger partial charge in [-0.2, -0.15) is 0 Å². The number of benzene rings is 1. The molecule has 1 unspecified atom stereocenters. The average Bonchev–Trinajstić information content (AvgIpc) is 2.27. The Balaban J connectivity index is 2.43. The number of halogens is 1. The fourth-order valence-corrected chi connectivity index (χ4v) is 1.82. The maximum absolute atomic E-state index is 5.78. The highest BCUT2D eigenvalue weighted by molar-refractivity contribution is 6.17. The van der Waals surface area contributed by atoms with Crippen molar-refractivity contribution in [1.29, 1.82) is 0 Å². The molecule has 0 bridgehead atoms. The second kappa shape index (κ2) is 6.73. The normalized spacial score (nSPS) is 12.5. The van der Waals surface area contributed by atoms with E-state index in [-0.39, 0.29) is 0 Å². The minimum absolute atomic E-state index is 0.583. The smallest absolute Gasteiger partial charge is 0.0474 e. The first-order valence-electron chi connectivity index (χ1n) is 5.65. The van der Waals surface area contributed by atoms with E-state index in [1.807, 2.05) is 12.1 Å². The first-order chi connectivity index (χ1) is 7.26. The highest BCUT2D eigenvalue weighted by atomic mass is 35.5. The third kappa shape index (κ3) is 4.57. The Labute approximate surface area is 97.8 Å². The van der Waals surface area contributed by atoms with E-state index in [2.05, 4.69) is 31.3 Å². The number of rotatable bonds is 6. The maximum atomic E-state index is 5.78. The lowest BCUT2D eigenvalue weighted by Crippen LogP contribution is -2.10. The number of nitrogens with one attached hydrogen (secondary N) is 1. The van der Waals surface area contributed by atoms with Gasteiger partial charge < -0.3 is 5.32 Å². The van der Waals surface area contributed by atoms with Gasteiger partial charge in [0, 0.05) is 18.1 Å². The predicted molar refractivity (Wildman–Crippen MR) is 68.6 cm³/mol. The molecule has 2 heteroatoms. The van der Waals surface area contributed by atoms with Crippen LogP contribution in [0.2, 0.25) is 0 Å². The lowest BCUT2D eigenvalue weighted by Gasteiger charge is -2.12. The van der Waals surface area contributed by atoms with Crippen molar-refractivity contribution in [2.45, 2.75) is 32.6 Å². The molecule has 0 aliphatic rings. The Morgan fingerprint density at radius 2 is 2.20 bits per heavy atom. The number of alkyl halides is 1. The molecule has 1 nitrogen and oxygen atoms in total. The molecule has 0 fully saturated rings. The summed E-state index contributed by atoms with van der Waals surface area (Å²) in [6.07, 6.45) is 2.53. The summed E-state index contributed by atoms with van der Waals surface area (Å²) >= 11 is 5.78. The van der Waals surface area contributed by atoms with E-state index in [0.29, 0.717) is 5.88 Å². The summed E-state index contributed by atoms with van der Waals surface area (Å²) < 4.78 is 0. The topological polar surface area (TPSA) is 12.0 Å². The van der Waals surface area contributed by atoms with E-state index < -0.39 is 0 Å². The quantitative estimate of drug-likeness (QED) is 0.713. The largest absolute Gasteiger partial charge is 0.385 e. The van der Waals surface area contributed by atoms with E-state index in [4.69, 9.17) is 11.6 Å². The molecule has 0 radical (unpaired) electrons. The zero-order chi connectivity index (χ0) is 11.1. The molecule has 0 saturated heterocycles. The maximum Gasteiger partial charge on any atom is 0.0474 e. The minimum atomic E-state index is 0.583. The lowest BCUT2D eigenvalue weighted by atomic mass is 10.1. The fourth-order valence-electron chi connectivity index (χ4n) is 1.65. The molecular formula is C13H20ClN. The summed E-state index contributed by atoms with van der Waals surface area (Å²) in [5.74, 6) is 1.31. The monoisotopic (exact) mass is 225 g/mol. The van der Waals surface area contributed by atoms with Crippen molar-refractivity contribution in [3.05, 3.63) is 29.8 Å². The lowest BCUT2D eigenvalue weighted by molar-refractivity contribution is 0.551. The summed E-state index contributed by atoms with van der Waals surface area (Å²) in [5, 5.41) is 3.45. The summed E-state index contributed by atoms with van der Waals surface area (Å²) in [6, 6.07) is 8.30. The summed E-state index contributed by atoms with van der Waals surface area (Å²) in [7, 11) is 0. The van der Waals surface area contributed by atoms with Crippen LogP contribution in [0.15, 0.2) is 24.3 Å². The molecule has 0 heterocycles. The average molecular weight is 226 g/mol. The van der Waals surface area contributed by atoms with Crippen molar-refractivity contribution in [3.8, 4) is 0 Å². The van der Waals surface area contributed by atoms with Gasteiger partial charge in [-0.05, 0) is 30.0 Å². The van der Waals surface area contributed by atoms with Gasteiger partial charge >= 0.3 is 0 Å². The second-order valence-corrected chi connectivity index (χ2v) is 4.38. The molecule has 0 spiro atoms. The van der Waals surface area contributed by atoms with Crippen molar-refractivity contribution >= 4 is 17.3 Å². The molecular weight excluding hydrogens is 206 g/mol. The van der Waals surface area contributed by atoms with Gasteiger partial charge in [-0.25, -0.2) is 0 Å². The van der Waals surface area contributed by atoms with Crippen LogP contribution in [0, 0.1) is 5.92 Å². The highest BCUT2D eigenvalue weighted by Gasteiger charge is 2.00. The van der Waals surface area contributed by atoms with Crippen molar-refractivity contribution < 1.29 is 0 Å². The van der Waals surface area contributed by atoms with Crippen LogP contribution in [0.3, 0.4) is 0 Å². The zero-order valence-corrected chi connectivity index (χ0v) is 10.3. The molecule has 0 aromatic heterocycles. The molecule has 1 aromatic carbocycles. The Bertz CT molecular complexity index is 286. The second-order valence-electron chi connectivity index (χ2n) is 4.11. The van der Waals surface area contributed by atoms with Crippen LogP contribution in [0.25, 0.3) is 0 Å². The van der Waals surface area contributed by atoms with Crippen LogP contribution >= 0.6 is 11.6 Å². The van der Waals surface area contributed by atoms with Gasteiger partial charge in [-0.1, -0.05) is 32.4 Å². The van der Waals surface area contributed by atoms with E-state index in [1.165, 1.54) is 24.1 Å². The van der Waals surface area contributed by atoms with Crippen molar-refractivity contribution in [2.75, 3.05) is 11.9 Å². The first kappa shape index (κ1) is 12.4. The zero-order valence-electron chi connectivity index (χ0n) is 9.59. The Hall–Kier alpha value is -0.690. The molecule has 0 aliphatic carbocycles. The SMILES string of the molecule is CCCC(C)CNc1cccc(CCl)c1. The minimum Gasteiger partial charge on any atom is -0.385 e. The number of hydrogen-bond donors (Lipinski definition) is 1. The molecule has 0 amide bonds.